The van der Waals surface area contributed by atoms with Crippen molar-refractivity contribution in [3.8, 4) is 0 Å². The molecule has 3 heterocycles. The lowest BCUT2D eigenvalue weighted by Gasteiger charge is -2.42. The number of rotatable bonds is 6. The fraction of sp³-hybridized carbons (Fsp3) is 0.385. The molecule has 2 fully saturated rings. The number of nitrogens with two attached hydrogens (primary N) is 1. The van der Waals surface area contributed by atoms with E-state index in [1.54, 1.807) is 6.07 Å². The number of nitrogen functional groups attached to an aromatic ring is 1. The minimum Gasteiger partial charge on any atom is -0.392 e. The molecule has 2 aliphatic heterocycles. The predicted octanol–water partition coefficient (Wildman–Crippen LogP) is 4.26. The zero-order valence-electron chi connectivity index (χ0n) is 19.5. The molecule has 1 atom stereocenters. The highest BCUT2D eigenvalue weighted by molar-refractivity contribution is 7.18. The number of nitrogens with one attached hydrogen (secondary N) is 1. The molecule has 0 bridgehead atoms. The second kappa shape index (κ2) is 10.3. The van der Waals surface area contributed by atoms with Gasteiger partial charge in [-0.25, -0.2) is 9.37 Å². The summed E-state index contributed by atoms with van der Waals surface area (Å²) in [6.07, 6.45) is 4.04. The molecule has 0 saturated carbocycles. The van der Waals surface area contributed by atoms with Gasteiger partial charge in [0, 0.05) is 42.6 Å². The number of β-amino-alcohol motifs (C(OH)–C–C–N with tert-alkyl or cyclic N) is 1. The summed E-state index contributed by atoms with van der Waals surface area (Å²) in [6, 6.07) is 14.3. The average Bonchev–Trinajstić information content (AvgIpc) is 3.24. The van der Waals surface area contributed by atoms with E-state index in [1.807, 2.05) is 12.1 Å². The number of hydrogen-bond donors (Lipinski definition) is 3. The van der Waals surface area contributed by atoms with Crippen LogP contribution in [0, 0.1) is 5.82 Å². The molecule has 3 aromatic rings. The molecule has 4 N–H and O–H groups in total. The number of likely N-dealkylation sites (tertiary alicyclic amines) is 1. The molecular weight excluding hydrogens is 465 g/mol. The number of benzene rings is 2. The number of carbonyl (C=O) groups is 1. The standard InChI is InChI=1S/C26H30FN5O2S/c27-18-4-1-3-17(15-18)23(34)24-25(28)30-26(35-24)29-19-6-8-20(9-7-19)31-13-10-21(11-14-31)32-12-2-5-22(33)16-32/h1,3-4,6-9,15,21-22,33H,2,5,10-14,16,28H2,(H,29,30). The number of thiazole rings is 1. The van der Waals surface area contributed by atoms with Crippen molar-refractivity contribution in [2.24, 2.45) is 0 Å². The molecule has 9 heteroatoms. The normalized spacial score (nSPS) is 19.6. The third-order valence-electron chi connectivity index (χ3n) is 6.84. The molecule has 1 unspecified atom stereocenters. The van der Waals surface area contributed by atoms with Gasteiger partial charge in [0.1, 0.15) is 16.5 Å². The van der Waals surface area contributed by atoms with Gasteiger partial charge < -0.3 is 21.1 Å². The maximum absolute atomic E-state index is 13.5. The monoisotopic (exact) mass is 495 g/mol. The van der Waals surface area contributed by atoms with Crippen LogP contribution >= 0.6 is 11.3 Å². The Morgan fingerprint density at radius 1 is 1.11 bits per heavy atom. The highest BCUT2D eigenvalue weighted by Crippen LogP contribution is 2.31. The minimum atomic E-state index is -0.466. The largest absolute Gasteiger partial charge is 0.392 e. The first kappa shape index (κ1) is 23.7. The van der Waals surface area contributed by atoms with E-state index in [1.165, 1.54) is 23.9 Å². The quantitative estimate of drug-likeness (QED) is 0.440. The molecule has 184 valence electrons. The number of anilines is 4. The number of aliphatic hydroxyl groups is 1. The number of halogens is 1. The third-order valence-corrected chi connectivity index (χ3v) is 7.82. The smallest absolute Gasteiger partial charge is 0.206 e. The Kier molecular flexibility index (Phi) is 6.99. The number of ketones is 1. The van der Waals surface area contributed by atoms with Crippen LogP contribution in [0.3, 0.4) is 0 Å². The first-order chi connectivity index (χ1) is 17.0. The van der Waals surface area contributed by atoms with Crippen LogP contribution in [0.5, 0.6) is 0 Å². The number of hydrogen-bond acceptors (Lipinski definition) is 8. The fourth-order valence-corrected chi connectivity index (χ4v) is 5.86. The number of nitrogens with zero attached hydrogens (tertiary/aromatic N) is 3. The zero-order valence-corrected chi connectivity index (χ0v) is 20.3. The lowest BCUT2D eigenvalue weighted by Crippen LogP contribution is -2.49. The fourth-order valence-electron chi connectivity index (χ4n) is 4.99. The van der Waals surface area contributed by atoms with Crippen molar-refractivity contribution in [2.75, 3.05) is 42.1 Å². The van der Waals surface area contributed by atoms with Gasteiger partial charge in [-0.3, -0.25) is 9.69 Å². The van der Waals surface area contributed by atoms with Gasteiger partial charge in [0.25, 0.3) is 0 Å². The van der Waals surface area contributed by atoms with Gasteiger partial charge in [-0.15, -0.1) is 0 Å². The molecule has 0 aliphatic carbocycles. The third kappa shape index (κ3) is 5.47. The Bertz CT molecular complexity index is 1180. The summed E-state index contributed by atoms with van der Waals surface area (Å²) in [6.45, 7) is 3.90. The molecular formula is C26H30FN5O2S. The van der Waals surface area contributed by atoms with Crippen molar-refractivity contribution in [3.05, 3.63) is 64.8 Å². The van der Waals surface area contributed by atoms with Crippen molar-refractivity contribution in [1.29, 1.82) is 0 Å². The van der Waals surface area contributed by atoms with Crippen LogP contribution < -0.4 is 16.0 Å². The second-order valence-corrected chi connectivity index (χ2v) is 10.3. The Labute approximate surface area is 208 Å². The molecule has 0 spiro atoms. The number of carbonyl (C=O) groups excluding carboxylic acids is 1. The Morgan fingerprint density at radius 2 is 1.89 bits per heavy atom. The van der Waals surface area contributed by atoms with Gasteiger partial charge in [-0.05, 0) is 68.6 Å². The first-order valence-electron chi connectivity index (χ1n) is 12.1. The first-order valence-corrected chi connectivity index (χ1v) is 12.9. The molecule has 5 rings (SSSR count). The molecule has 1 aromatic heterocycles. The second-order valence-electron chi connectivity index (χ2n) is 9.25. The van der Waals surface area contributed by atoms with Gasteiger partial charge in [-0.2, -0.15) is 0 Å². The van der Waals surface area contributed by atoms with Crippen molar-refractivity contribution in [1.82, 2.24) is 9.88 Å². The van der Waals surface area contributed by atoms with Crippen LogP contribution in [0.15, 0.2) is 48.5 Å². The summed E-state index contributed by atoms with van der Waals surface area (Å²) >= 11 is 1.16. The van der Waals surface area contributed by atoms with Crippen molar-refractivity contribution < 1.29 is 14.3 Å². The van der Waals surface area contributed by atoms with E-state index in [4.69, 9.17) is 5.73 Å². The SMILES string of the molecule is Nc1nc(Nc2ccc(N3CCC(N4CCCC(O)C4)CC3)cc2)sc1C(=O)c1cccc(F)c1. The van der Waals surface area contributed by atoms with Gasteiger partial charge >= 0.3 is 0 Å². The summed E-state index contributed by atoms with van der Waals surface area (Å²) in [4.78, 5) is 22.2. The maximum Gasteiger partial charge on any atom is 0.206 e. The summed E-state index contributed by atoms with van der Waals surface area (Å²) in [5.74, 6) is -0.676. The topological polar surface area (TPSA) is 94.7 Å². The zero-order chi connectivity index (χ0) is 24.4. The molecule has 0 amide bonds. The summed E-state index contributed by atoms with van der Waals surface area (Å²) in [7, 11) is 0. The van der Waals surface area contributed by atoms with Crippen LogP contribution in [0.2, 0.25) is 0 Å². The van der Waals surface area contributed by atoms with Crippen molar-refractivity contribution >= 4 is 39.4 Å². The number of piperidine rings is 2. The van der Waals surface area contributed by atoms with Crippen LogP contribution in [-0.4, -0.2) is 59.1 Å². The lowest BCUT2D eigenvalue weighted by molar-refractivity contribution is 0.0398. The Balaban J connectivity index is 1.19. The van der Waals surface area contributed by atoms with Gasteiger partial charge in [0.05, 0.1) is 6.10 Å². The maximum atomic E-state index is 13.5. The molecule has 2 aliphatic rings. The lowest BCUT2D eigenvalue weighted by atomic mass is 9.98. The van der Waals surface area contributed by atoms with Crippen molar-refractivity contribution in [2.45, 2.75) is 37.8 Å². The minimum absolute atomic E-state index is 0.132. The van der Waals surface area contributed by atoms with Crippen molar-refractivity contribution in [3.63, 3.8) is 0 Å². The number of aromatic nitrogens is 1. The van der Waals surface area contributed by atoms with E-state index in [9.17, 15) is 14.3 Å². The van der Waals surface area contributed by atoms with E-state index < -0.39 is 5.82 Å². The van der Waals surface area contributed by atoms with E-state index >= 15 is 0 Å². The predicted molar refractivity (Wildman–Crippen MR) is 138 cm³/mol. The van der Waals surface area contributed by atoms with Gasteiger partial charge in [0.2, 0.25) is 5.78 Å². The Hall–Kier alpha value is -3.01. The highest BCUT2D eigenvalue weighted by Gasteiger charge is 2.28. The van der Waals surface area contributed by atoms with Crippen LogP contribution in [0.4, 0.5) is 26.7 Å². The molecule has 2 aromatic carbocycles. The van der Waals surface area contributed by atoms with Crippen LogP contribution in [0.25, 0.3) is 0 Å². The number of aliphatic hydroxyl groups excluding tert-OH is 1. The molecule has 7 nitrogen and oxygen atoms in total. The van der Waals surface area contributed by atoms with Gasteiger partial charge in [0.15, 0.2) is 5.13 Å². The summed E-state index contributed by atoms with van der Waals surface area (Å²) in [5.41, 5.74) is 8.26. The van der Waals surface area contributed by atoms with E-state index in [-0.39, 0.29) is 23.3 Å². The summed E-state index contributed by atoms with van der Waals surface area (Å²) in [5, 5.41) is 13.7. The summed E-state index contributed by atoms with van der Waals surface area (Å²) < 4.78 is 13.5. The van der Waals surface area contributed by atoms with Crippen LogP contribution in [0.1, 0.15) is 40.9 Å². The molecule has 0 radical (unpaired) electrons. The van der Waals surface area contributed by atoms with E-state index in [0.717, 1.165) is 68.9 Å². The van der Waals surface area contributed by atoms with E-state index in [2.05, 4.69) is 32.2 Å². The molecule has 2 saturated heterocycles. The van der Waals surface area contributed by atoms with Crippen LogP contribution in [-0.2, 0) is 0 Å². The molecule has 35 heavy (non-hydrogen) atoms. The average molecular weight is 496 g/mol. The van der Waals surface area contributed by atoms with E-state index in [0.29, 0.717) is 16.1 Å². The Morgan fingerprint density at radius 3 is 2.60 bits per heavy atom. The van der Waals surface area contributed by atoms with Gasteiger partial charge in [-0.1, -0.05) is 23.5 Å². The highest BCUT2D eigenvalue weighted by atomic mass is 32.1.